The molecule has 2 aliphatic rings. The Morgan fingerprint density at radius 3 is 2.69 bits per heavy atom. The maximum absolute atomic E-state index is 14.5. The van der Waals surface area contributed by atoms with Crippen molar-refractivity contribution in [3.05, 3.63) is 34.9 Å². The Morgan fingerprint density at radius 2 is 2.09 bits per heavy atom. The first-order valence-electron chi connectivity index (χ1n) is 10.8. The molecule has 1 atom stereocenters. The lowest BCUT2D eigenvalue weighted by Crippen LogP contribution is -2.64. The lowest BCUT2D eigenvalue weighted by Gasteiger charge is -2.40. The van der Waals surface area contributed by atoms with Crippen molar-refractivity contribution in [1.82, 2.24) is 15.6 Å². The summed E-state index contributed by atoms with van der Waals surface area (Å²) in [5.74, 6) is -0.993. The minimum Gasteiger partial charge on any atom is -0.478 e. The fourth-order valence-corrected chi connectivity index (χ4v) is 6.34. The molecule has 2 heterocycles. The summed E-state index contributed by atoms with van der Waals surface area (Å²) in [4.78, 5) is 16.8. The number of nitrogens with zero attached hydrogens (tertiary/aromatic N) is 1. The molecule has 1 aliphatic heterocycles. The highest BCUT2D eigenvalue weighted by atomic mass is 32.2. The zero-order valence-corrected chi connectivity index (χ0v) is 19.7. The Morgan fingerprint density at radius 1 is 1.41 bits per heavy atom. The van der Waals surface area contributed by atoms with Gasteiger partial charge in [-0.3, -0.25) is 10.2 Å². The molecule has 0 saturated carbocycles. The molecule has 32 heavy (non-hydrogen) atoms. The topological polar surface area (TPSA) is 121 Å². The van der Waals surface area contributed by atoms with Gasteiger partial charge in [-0.05, 0) is 52.5 Å². The van der Waals surface area contributed by atoms with Crippen LogP contribution in [-0.4, -0.2) is 54.7 Å². The van der Waals surface area contributed by atoms with Crippen LogP contribution in [0.2, 0.25) is 0 Å². The van der Waals surface area contributed by atoms with Gasteiger partial charge in [0.25, 0.3) is 0 Å². The number of carbonyl (C=O) groups excluding carboxylic acids is 1. The predicted octanol–water partition coefficient (Wildman–Crippen LogP) is 2.34. The normalized spacial score (nSPS) is 21.6. The fourth-order valence-electron chi connectivity index (χ4n) is 4.34. The predicted molar refractivity (Wildman–Crippen MR) is 120 cm³/mol. The van der Waals surface area contributed by atoms with Gasteiger partial charge in [0, 0.05) is 29.3 Å². The molecule has 1 aromatic rings. The van der Waals surface area contributed by atoms with Gasteiger partial charge in [0.15, 0.2) is 15.7 Å². The molecule has 1 fully saturated rings. The number of hydrogen-bond donors (Lipinski definition) is 3. The van der Waals surface area contributed by atoms with Crippen molar-refractivity contribution in [1.29, 1.82) is 5.41 Å². The molecule has 3 N–H and O–H groups in total. The summed E-state index contributed by atoms with van der Waals surface area (Å²) in [6.07, 6.45) is 2.33. The van der Waals surface area contributed by atoms with Crippen molar-refractivity contribution in [2.24, 2.45) is 5.92 Å². The Labute approximate surface area is 188 Å². The first-order valence-corrected chi connectivity index (χ1v) is 12.6. The van der Waals surface area contributed by atoms with Gasteiger partial charge in [-0.15, -0.1) is 0 Å². The summed E-state index contributed by atoms with van der Waals surface area (Å²) in [6.45, 7) is 7.83. The highest BCUT2D eigenvalue weighted by molar-refractivity contribution is 7.93. The van der Waals surface area contributed by atoms with Gasteiger partial charge in [-0.25, -0.2) is 17.8 Å². The molecule has 0 spiro atoms. The maximum atomic E-state index is 14.5. The van der Waals surface area contributed by atoms with E-state index in [9.17, 15) is 17.6 Å². The number of hydrogen-bond acceptors (Lipinski definition) is 7. The number of nitrogens with one attached hydrogen (secondary N) is 3. The smallest absolute Gasteiger partial charge is 0.223 e. The van der Waals surface area contributed by atoms with Crippen LogP contribution < -0.4 is 15.4 Å². The largest absolute Gasteiger partial charge is 0.478 e. The van der Waals surface area contributed by atoms with Crippen LogP contribution in [0.5, 0.6) is 5.88 Å². The van der Waals surface area contributed by atoms with Crippen LogP contribution in [0.3, 0.4) is 0 Å². The van der Waals surface area contributed by atoms with Crippen molar-refractivity contribution in [2.45, 2.75) is 58.5 Å². The van der Waals surface area contributed by atoms with E-state index in [2.05, 4.69) is 15.6 Å². The van der Waals surface area contributed by atoms with Gasteiger partial charge in [0.1, 0.15) is 0 Å². The van der Waals surface area contributed by atoms with Gasteiger partial charge in [0.05, 0.1) is 35.6 Å². The fraction of sp³-hybridized carbons (Fsp3) is 0.591. The molecule has 1 aromatic heterocycles. The third-order valence-corrected chi connectivity index (χ3v) is 7.74. The number of pyridine rings is 1. The molecule has 10 heteroatoms. The second kappa shape index (κ2) is 9.17. The highest BCUT2D eigenvalue weighted by Gasteiger charge is 2.46. The summed E-state index contributed by atoms with van der Waals surface area (Å²) in [6, 6.07) is 1.49. The maximum Gasteiger partial charge on any atom is 0.223 e. The van der Waals surface area contributed by atoms with Gasteiger partial charge in [0.2, 0.25) is 11.8 Å². The van der Waals surface area contributed by atoms with E-state index in [1.54, 1.807) is 13.8 Å². The average Bonchev–Trinajstić information content (AvgIpc) is 2.66. The molecule has 176 valence electrons. The van der Waals surface area contributed by atoms with E-state index in [0.29, 0.717) is 31.4 Å². The minimum atomic E-state index is -3.07. The molecule has 0 unspecified atom stereocenters. The van der Waals surface area contributed by atoms with E-state index in [1.165, 1.54) is 6.07 Å². The molecule has 3 rings (SSSR count). The van der Waals surface area contributed by atoms with Crippen molar-refractivity contribution in [2.75, 3.05) is 18.1 Å². The molecule has 0 radical (unpaired) electrons. The number of allylic oxidation sites excluding steroid dienone is 2. The number of aromatic nitrogens is 1. The molecule has 0 aromatic carbocycles. The van der Waals surface area contributed by atoms with Gasteiger partial charge >= 0.3 is 0 Å². The van der Waals surface area contributed by atoms with Crippen LogP contribution in [0.4, 0.5) is 4.39 Å². The SMILES string of the molecule is CCOc1cc(C(=N)C2=C(NC(C)C)C[C@H](C(=O)NC3(C)CS(=O)(=O)C3)CC2)c(F)cn1. The quantitative estimate of drug-likeness (QED) is 0.506. The van der Waals surface area contributed by atoms with Gasteiger partial charge in [-0.1, -0.05) is 0 Å². The number of halogens is 1. The Balaban J connectivity index is 1.82. The van der Waals surface area contributed by atoms with E-state index in [-0.39, 0.29) is 46.5 Å². The van der Waals surface area contributed by atoms with Crippen LogP contribution in [0, 0.1) is 17.1 Å². The summed E-state index contributed by atoms with van der Waals surface area (Å²) in [7, 11) is -3.07. The van der Waals surface area contributed by atoms with Crippen molar-refractivity contribution < 1.29 is 22.3 Å². The lowest BCUT2D eigenvalue weighted by molar-refractivity contribution is -0.126. The summed E-state index contributed by atoms with van der Waals surface area (Å²) >= 11 is 0. The summed E-state index contributed by atoms with van der Waals surface area (Å²) in [5, 5.41) is 14.9. The van der Waals surface area contributed by atoms with E-state index in [1.807, 2.05) is 13.8 Å². The lowest BCUT2D eigenvalue weighted by atomic mass is 9.82. The summed E-state index contributed by atoms with van der Waals surface area (Å²) < 4.78 is 42.9. The molecular formula is C22H31FN4O4S. The molecule has 0 bridgehead atoms. The Bertz CT molecular complexity index is 1040. The van der Waals surface area contributed by atoms with Crippen LogP contribution in [0.15, 0.2) is 23.5 Å². The second-order valence-electron chi connectivity index (χ2n) is 9.09. The van der Waals surface area contributed by atoms with Crippen LogP contribution in [0.1, 0.15) is 52.5 Å². The van der Waals surface area contributed by atoms with E-state index in [4.69, 9.17) is 10.1 Å². The van der Waals surface area contributed by atoms with Crippen molar-refractivity contribution in [3.8, 4) is 5.88 Å². The number of rotatable bonds is 8. The number of ether oxygens (including phenoxy) is 1. The monoisotopic (exact) mass is 466 g/mol. The Hall–Kier alpha value is -2.49. The van der Waals surface area contributed by atoms with E-state index < -0.39 is 21.2 Å². The third kappa shape index (κ3) is 5.46. The first kappa shape index (κ1) is 24.2. The van der Waals surface area contributed by atoms with Crippen molar-refractivity contribution in [3.63, 3.8) is 0 Å². The second-order valence-corrected chi connectivity index (χ2v) is 11.2. The molecule has 8 nitrogen and oxygen atoms in total. The van der Waals surface area contributed by atoms with Crippen LogP contribution in [0.25, 0.3) is 0 Å². The minimum absolute atomic E-state index is 0.0462. The zero-order valence-electron chi connectivity index (χ0n) is 18.9. The average molecular weight is 467 g/mol. The number of amides is 1. The van der Waals surface area contributed by atoms with Crippen LogP contribution in [-0.2, 0) is 14.6 Å². The zero-order chi connectivity index (χ0) is 23.7. The molecule has 1 amide bonds. The third-order valence-electron chi connectivity index (χ3n) is 5.59. The Kier molecular flexibility index (Phi) is 6.92. The first-order chi connectivity index (χ1) is 14.9. The summed E-state index contributed by atoms with van der Waals surface area (Å²) in [5.41, 5.74) is 0.819. The highest BCUT2D eigenvalue weighted by Crippen LogP contribution is 2.33. The van der Waals surface area contributed by atoms with E-state index in [0.717, 1.165) is 11.9 Å². The van der Waals surface area contributed by atoms with Crippen LogP contribution >= 0.6 is 0 Å². The molecule has 1 saturated heterocycles. The standard InChI is InChI=1S/C22H31FN4O4S/c1-5-31-19-9-16(17(23)10-25-19)20(24)15-7-6-14(8-18(15)26-13(2)3)21(28)27-22(4)11-32(29,30)12-22/h9-10,13-14,24,26H,5-8,11-12H2,1-4H3,(H,27,28)/t14-/m1/s1. The van der Waals surface area contributed by atoms with E-state index >= 15 is 0 Å². The van der Waals surface area contributed by atoms with Gasteiger partial charge in [-0.2, -0.15) is 0 Å². The van der Waals surface area contributed by atoms with Crippen molar-refractivity contribution >= 4 is 21.5 Å². The number of carbonyl (C=O) groups is 1. The molecule has 1 aliphatic carbocycles. The number of sulfone groups is 1. The van der Waals surface area contributed by atoms with Gasteiger partial charge < -0.3 is 15.4 Å². The molecular weight excluding hydrogens is 435 g/mol.